The molecule has 94 valence electrons. The first-order valence-electron chi connectivity index (χ1n) is 5.25. The van der Waals surface area contributed by atoms with E-state index >= 15 is 0 Å². The largest absolute Gasteiger partial charge is 0.394 e. The number of aliphatic hydroxyl groups is 2. The SMILES string of the molecule is C=CC1OC(C)(C)OC1C(O)C(CO)OC. The van der Waals surface area contributed by atoms with E-state index in [1.54, 1.807) is 19.9 Å². The fourth-order valence-electron chi connectivity index (χ4n) is 1.80. The van der Waals surface area contributed by atoms with Gasteiger partial charge in [0.05, 0.1) is 6.61 Å². The number of ether oxygens (including phenoxy) is 3. The summed E-state index contributed by atoms with van der Waals surface area (Å²) < 4.78 is 16.1. The monoisotopic (exact) mass is 232 g/mol. The quantitative estimate of drug-likeness (QED) is 0.656. The second-order valence-electron chi connectivity index (χ2n) is 4.25. The summed E-state index contributed by atoms with van der Waals surface area (Å²) in [6.07, 6.45) is -1.06. The van der Waals surface area contributed by atoms with Crippen LogP contribution in [0.5, 0.6) is 0 Å². The highest BCUT2D eigenvalue weighted by atomic mass is 16.8. The van der Waals surface area contributed by atoms with E-state index in [-0.39, 0.29) is 6.61 Å². The lowest BCUT2D eigenvalue weighted by atomic mass is 10.0. The highest BCUT2D eigenvalue weighted by Crippen LogP contribution is 2.31. The van der Waals surface area contributed by atoms with Gasteiger partial charge in [-0.2, -0.15) is 0 Å². The lowest BCUT2D eigenvalue weighted by Crippen LogP contribution is -2.45. The maximum Gasteiger partial charge on any atom is 0.164 e. The van der Waals surface area contributed by atoms with Crippen LogP contribution in [0.3, 0.4) is 0 Å². The molecule has 0 radical (unpaired) electrons. The number of hydrogen-bond acceptors (Lipinski definition) is 5. The molecule has 1 rings (SSSR count). The molecule has 4 unspecified atom stereocenters. The molecule has 0 bridgehead atoms. The van der Waals surface area contributed by atoms with Gasteiger partial charge in [0.2, 0.25) is 0 Å². The lowest BCUT2D eigenvalue weighted by Gasteiger charge is -2.26. The second kappa shape index (κ2) is 5.25. The van der Waals surface area contributed by atoms with Crippen LogP contribution in [0.1, 0.15) is 13.8 Å². The van der Waals surface area contributed by atoms with Crippen molar-refractivity contribution in [1.29, 1.82) is 0 Å². The Hall–Kier alpha value is -0.460. The van der Waals surface area contributed by atoms with Gasteiger partial charge in [0, 0.05) is 7.11 Å². The van der Waals surface area contributed by atoms with Gasteiger partial charge in [-0.3, -0.25) is 0 Å². The predicted octanol–water partition coefficient (Wildman–Crippen LogP) is 0.0607. The van der Waals surface area contributed by atoms with Gasteiger partial charge in [0.25, 0.3) is 0 Å². The van der Waals surface area contributed by atoms with Crippen LogP contribution in [-0.4, -0.2) is 54.1 Å². The first-order valence-corrected chi connectivity index (χ1v) is 5.25. The van der Waals surface area contributed by atoms with E-state index in [1.807, 2.05) is 0 Å². The molecule has 0 aromatic rings. The van der Waals surface area contributed by atoms with E-state index in [2.05, 4.69) is 6.58 Å². The summed E-state index contributed by atoms with van der Waals surface area (Å²) >= 11 is 0. The predicted molar refractivity (Wildman–Crippen MR) is 57.9 cm³/mol. The lowest BCUT2D eigenvalue weighted by molar-refractivity contribution is -0.166. The van der Waals surface area contributed by atoms with Crippen LogP contribution >= 0.6 is 0 Å². The summed E-state index contributed by atoms with van der Waals surface area (Å²) in [5.74, 6) is -0.766. The van der Waals surface area contributed by atoms with Crippen LogP contribution in [-0.2, 0) is 14.2 Å². The molecule has 0 aliphatic carbocycles. The zero-order valence-corrected chi connectivity index (χ0v) is 9.92. The zero-order chi connectivity index (χ0) is 12.3. The van der Waals surface area contributed by atoms with Gasteiger partial charge in [0.1, 0.15) is 24.4 Å². The molecule has 0 spiro atoms. The highest BCUT2D eigenvalue weighted by Gasteiger charge is 2.45. The van der Waals surface area contributed by atoms with Gasteiger partial charge < -0.3 is 24.4 Å². The van der Waals surface area contributed by atoms with Crippen molar-refractivity contribution >= 4 is 0 Å². The van der Waals surface area contributed by atoms with Crippen LogP contribution in [0.2, 0.25) is 0 Å². The molecule has 0 aromatic carbocycles. The van der Waals surface area contributed by atoms with E-state index in [9.17, 15) is 5.11 Å². The van der Waals surface area contributed by atoms with E-state index < -0.39 is 30.2 Å². The third-order valence-corrected chi connectivity index (χ3v) is 2.60. The Morgan fingerprint density at radius 2 is 2.12 bits per heavy atom. The molecule has 2 N–H and O–H groups in total. The average Bonchev–Trinajstić information content (AvgIpc) is 2.55. The van der Waals surface area contributed by atoms with Crippen LogP contribution in [0.15, 0.2) is 12.7 Å². The molecule has 0 saturated carbocycles. The number of hydrogen-bond donors (Lipinski definition) is 2. The molecular weight excluding hydrogens is 212 g/mol. The van der Waals surface area contributed by atoms with Crippen molar-refractivity contribution in [3.63, 3.8) is 0 Å². The standard InChI is InChI=1S/C11H20O5/c1-5-7-10(16-11(2,3)15-7)9(13)8(6-12)14-4/h5,7-10,12-13H,1,6H2,2-4H3. The van der Waals surface area contributed by atoms with Gasteiger partial charge in [-0.1, -0.05) is 6.08 Å². The molecule has 5 nitrogen and oxygen atoms in total. The summed E-state index contributed by atoms with van der Waals surface area (Å²) in [7, 11) is 1.42. The molecule has 4 atom stereocenters. The average molecular weight is 232 g/mol. The van der Waals surface area contributed by atoms with Gasteiger partial charge in [-0.25, -0.2) is 0 Å². The summed E-state index contributed by atoms with van der Waals surface area (Å²) in [5, 5.41) is 19.0. The third-order valence-electron chi connectivity index (χ3n) is 2.60. The van der Waals surface area contributed by atoms with Crippen molar-refractivity contribution in [2.45, 2.75) is 44.1 Å². The van der Waals surface area contributed by atoms with E-state index in [0.717, 1.165) is 0 Å². The molecule has 1 aliphatic heterocycles. The molecule has 16 heavy (non-hydrogen) atoms. The maximum absolute atomic E-state index is 10.0. The van der Waals surface area contributed by atoms with Crippen molar-refractivity contribution in [2.75, 3.05) is 13.7 Å². The first kappa shape index (κ1) is 13.6. The zero-order valence-electron chi connectivity index (χ0n) is 9.92. The maximum atomic E-state index is 10.0. The van der Waals surface area contributed by atoms with Gasteiger partial charge in [-0.15, -0.1) is 6.58 Å². The molecular formula is C11H20O5. The Morgan fingerprint density at radius 1 is 1.50 bits per heavy atom. The minimum atomic E-state index is -0.959. The van der Waals surface area contributed by atoms with E-state index in [4.69, 9.17) is 19.3 Å². The van der Waals surface area contributed by atoms with Gasteiger partial charge in [0.15, 0.2) is 5.79 Å². The Morgan fingerprint density at radius 3 is 2.56 bits per heavy atom. The molecule has 0 amide bonds. The smallest absolute Gasteiger partial charge is 0.164 e. The molecule has 1 heterocycles. The molecule has 1 aliphatic rings. The van der Waals surface area contributed by atoms with Crippen LogP contribution < -0.4 is 0 Å². The number of aliphatic hydroxyl groups excluding tert-OH is 2. The first-order chi connectivity index (χ1) is 7.45. The summed E-state index contributed by atoms with van der Waals surface area (Å²) in [6, 6.07) is 0. The van der Waals surface area contributed by atoms with Crippen LogP contribution in [0.25, 0.3) is 0 Å². The summed E-state index contributed by atoms with van der Waals surface area (Å²) in [5.41, 5.74) is 0. The fourth-order valence-corrected chi connectivity index (χ4v) is 1.80. The highest BCUT2D eigenvalue weighted by molar-refractivity contribution is 4.98. The van der Waals surface area contributed by atoms with Crippen molar-refractivity contribution in [2.24, 2.45) is 0 Å². The Labute approximate surface area is 95.6 Å². The number of methoxy groups -OCH3 is 1. The molecule has 5 heteroatoms. The van der Waals surface area contributed by atoms with E-state index in [1.165, 1.54) is 7.11 Å². The van der Waals surface area contributed by atoms with Crippen LogP contribution in [0, 0.1) is 0 Å². The third kappa shape index (κ3) is 2.81. The molecule has 0 aromatic heterocycles. The normalized spacial score (nSPS) is 32.3. The molecule has 1 saturated heterocycles. The van der Waals surface area contributed by atoms with Crippen molar-refractivity contribution in [3.05, 3.63) is 12.7 Å². The Bertz CT molecular complexity index is 237. The Balaban J connectivity index is 2.74. The minimum Gasteiger partial charge on any atom is -0.394 e. The van der Waals surface area contributed by atoms with Gasteiger partial charge in [-0.05, 0) is 13.8 Å². The number of rotatable bonds is 5. The van der Waals surface area contributed by atoms with Gasteiger partial charge >= 0.3 is 0 Å². The second-order valence-corrected chi connectivity index (χ2v) is 4.25. The van der Waals surface area contributed by atoms with Crippen molar-refractivity contribution in [1.82, 2.24) is 0 Å². The summed E-state index contributed by atoms with van der Waals surface area (Å²) in [4.78, 5) is 0. The van der Waals surface area contributed by atoms with Crippen LogP contribution in [0.4, 0.5) is 0 Å². The summed E-state index contributed by atoms with van der Waals surface area (Å²) in [6.45, 7) is 6.88. The van der Waals surface area contributed by atoms with Crippen molar-refractivity contribution in [3.8, 4) is 0 Å². The fraction of sp³-hybridized carbons (Fsp3) is 0.818. The molecule has 1 fully saturated rings. The van der Waals surface area contributed by atoms with E-state index in [0.29, 0.717) is 0 Å². The topological polar surface area (TPSA) is 68.2 Å². The van der Waals surface area contributed by atoms with Crippen molar-refractivity contribution < 1.29 is 24.4 Å². The Kier molecular flexibility index (Phi) is 4.46. The minimum absolute atomic E-state index is 0.276.